The van der Waals surface area contributed by atoms with Gasteiger partial charge in [-0.15, -0.1) is 0 Å². The number of phenols is 1. The monoisotopic (exact) mass is 622 g/mol. The van der Waals surface area contributed by atoms with Gasteiger partial charge in [0.05, 0.1) is 26.4 Å². The van der Waals surface area contributed by atoms with Gasteiger partial charge >= 0.3 is 0 Å². The van der Waals surface area contributed by atoms with Gasteiger partial charge in [0.25, 0.3) is 0 Å². The number of hydrogen-bond acceptors (Lipinski definition) is 14. The molecule has 2 aromatic rings. The normalized spacial score (nSPS) is 35.2. The second kappa shape index (κ2) is 13.1. The third kappa shape index (κ3) is 6.37. The average molecular weight is 623 g/mol. The van der Waals surface area contributed by atoms with Crippen molar-refractivity contribution in [3.05, 3.63) is 53.1 Å². The second-order valence-electron chi connectivity index (χ2n) is 11.2. The molecule has 3 aliphatic rings. The van der Waals surface area contributed by atoms with Gasteiger partial charge in [-0.1, -0.05) is 12.2 Å². The minimum Gasteiger partial charge on any atom is -0.507 e. The minimum absolute atomic E-state index is 0.0677. The van der Waals surface area contributed by atoms with Crippen LogP contribution in [0.1, 0.15) is 29.7 Å². The molecule has 8 N–H and O–H groups in total. The van der Waals surface area contributed by atoms with Crippen molar-refractivity contribution in [3.8, 4) is 23.0 Å². The molecule has 0 saturated carbocycles. The fraction of sp³-hybridized carbons (Fsp3) is 0.533. The van der Waals surface area contributed by atoms with Crippen molar-refractivity contribution in [2.24, 2.45) is 0 Å². The van der Waals surface area contributed by atoms with E-state index in [-0.39, 0.29) is 24.7 Å². The van der Waals surface area contributed by atoms with Gasteiger partial charge in [0.1, 0.15) is 53.7 Å². The molecule has 5 rings (SSSR count). The van der Waals surface area contributed by atoms with Crippen LogP contribution in [0, 0.1) is 6.92 Å². The van der Waals surface area contributed by atoms with Crippen LogP contribution >= 0.6 is 0 Å². The van der Waals surface area contributed by atoms with Crippen LogP contribution in [0.15, 0.2) is 36.4 Å². The predicted octanol–water partition coefficient (Wildman–Crippen LogP) is -0.749. The Bertz CT molecular complexity index is 1340. The number of phenolic OH excluding ortho intramolecular Hbond substituents is 1. The van der Waals surface area contributed by atoms with Crippen molar-refractivity contribution in [1.82, 2.24) is 0 Å². The van der Waals surface area contributed by atoms with E-state index in [4.69, 9.17) is 33.5 Å². The Kier molecular flexibility index (Phi) is 9.67. The van der Waals surface area contributed by atoms with E-state index >= 15 is 0 Å². The number of aryl methyl sites for hydroxylation is 1. The van der Waals surface area contributed by atoms with Crippen LogP contribution in [0.4, 0.5) is 0 Å². The molecule has 0 aliphatic carbocycles. The lowest BCUT2D eigenvalue weighted by Crippen LogP contribution is -2.60. The second-order valence-corrected chi connectivity index (χ2v) is 11.2. The highest BCUT2D eigenvalue weighted by Crippen LogP contribution is 2.44. The number of benzene rings is 2. The molecule has 0 amide bonds. The number of fused-ring (bicyclic) bond motifs is 1. The summed E-state index contributed by atoms with van der Waals surface area (Å²) >= 11 is 0. The smallest absolute Gasteiger partial charge is 0.229 e. The largest absolute Gasteiger partial charge is 0.507 e. The summed E-state index contributed by atoms with van der Waals surface area (Å²) in [4.78, 5) is 0. The summed E-state index contributed by atoms with van der Waals surface area (Å²) in [5, 5.41) is 81.0. The highest BCUT2D eigenvalue weighted by atomic mass is 16.7. The molecular formula is C30H38O14. The Balaban J connectivity index is 1.27. The number of hydrogen-bond donors (Lipinski definition) is 8. The highest BCUT2D eigenvalue weighted by Gasteiger charge is 2.50. The van der Waals surface area contributed by atoms with Gasteiger partial charge in [0.2, 0.25) is 6.29 Å². The third-order valence-electron chi connectivity index (χ3n) is 7.90. The summed E-state index contributed by atoms with van der Waals surface area (Å²) in [6, 6.07) is 8.02. The summed E-state index contributed by atoms with van der Waals surface area (Å²) in [6.07, 6.45) is -8.48. The van der Waals surface area contributed by atoms with Gasteiger partial charge in [-0.25, -0.2) is 0 Å². The van der Waals surface area contributed by atoms with E-state index in [1.165, 1.54) is 12.1 Å². The average Bonchev–Trinajstić information content (AvgIpc) is 3.29. The molecule has 0 spiro atoms. The number of aliphatic hydroxyl groups excluding tert-OH is 6. The molecule has 10 atom stereocenters. The van der Waals surface area contributed by atoms with Crippen molar-refractivity contribution < 1.29 is 69.3 Å². The lowest BCUT2D eigenvalue weighted by Gasteiger charge is -2.40. The van der Waals surface area contributed by atoms with Crippen LogP contribution in [0.3, 0.4) is 0 Å². The molecule has 242 valence electrons. The Hall–Kier alpha value is -3.02. The highest BCUT2D eigenvalue weighted by molar-refractivity contribution is 5.60. The van der Waals surface area contributed by atoms with Gasteiger partial charge in [0, 0.05) is 11.6 Å². The van der Waals surface area contributed by atoms with Crippen molar-refractivity contribution in [2.75, 3.05) is 26.4 Å². The maximum Gasteiger partial charge on any atom is 0.229 e. The fourth-order valence-corrected chi connectivity index (χ4v) is 5.34. The van der Waals surface area contributed by atoms with Gasteiger partial charge in [-0.3, -0.25) is 0 Å². The van der Waals surface area contributed by atoms with Crippen LogP contribution in [-0.2, 0) is 14.2 Å². The molecule has 2 saturated heterocycles. The van der Waals surface area contributed by atoms with E-state index < -0.39 is 74.1 Å². The lowest BCUT2D eigenvalue weighted by molar-refractivity contribution is -0.289. The van der Waals surface area contributed by atoms with Crippen LogP contribution < -0.4 is 14.2 Å². The Labute approximate surface area is 252 Å². The van der Waals surface area contributed by atoms with Gasteiger partial charge < -0.3 is 69.3 Å². The Morgan fingerprint density at radius 3 is 2.45 bits per heavy atom. The molecule has 3 heterocycles. The zero-order valence-electron chi connectivity index (χ0n) is 24.1. The quantitative estimate of drug-likeness (QED) is 0.173. The van der Waals surface area contributed by atoms with E-state index in [0.717, 1.165) is 11.1 Å². The van der Waals surface area contributed by atoms with E-state index in [9.17, 15) is 35.7 Å². The van der Waals surface area contributed by atoms with Crippen molar-refractivity contribution >= 4 is 6.08 Å². The van der Waals surface area contributed by atoms with Crippen LogP contribution in [0.25, 0.3) is 6.08 Å². The lowest BCUT2D eigenvalue weighted by atomic mass is 9.99. The summed E-state index contributed by atoms with van der Waals surface area (Å²) in [5.74, 6) is 0.920. The fourth-order valence-electron chi connectivity index (χ4n) is 5.34. The molecular weight excluding hydrogens is 584 g/mol. The first-order valence-corrected chi connectivity index (χ1v) is 14.1. The predicted molar refractivity (Wildman–Crippen MR) is 150 cm³/mol. The van der Waals surface area contributed by atoms with E-state index in [1.54, 1.807) is 31.2 Å². The summed E-state index contributed by atoms with van der Waals surface area (Å²) in [5.41, 5.74) is 0.135. The van der Waals surface area contributed by atoms with Crippen molar-refractivity contribution in [2.45, 2.75) is 74.8 Å². The molecule has 0 radical (unpaired) electrons. The zero-order valence-corrected chi connectivity index (χ0v) is 24.1. The molecule has 2 fully saturated rings. The summed E-state index contributed by atoms with van der Waals surface area (Å²) < 4.78 is 34.3. The Morgan fingerprint density at radius 2 is 1.77 bits per heavy atom. The van der Waals surface area contributed by atoms with Gasteiger partial charge in [0.15, 0.2) is 23.9 Å². The van der Waals surface area contributed by atoms with E-state index in [2.05, 4.69) is 0 Å². The summed E-state index contributed by atoms with van der Waals surface area (Å²) in [7, 11) is 0. The molecule has 0 bridgehead atoms. The third-order valence-corrected chi connectivity index (χ3v) is 7.90. The Morgan fingerprint density at radius 1 is 1.00 bits per heavy atom. The summed E-state index contributed by atoms with van der Waals surface area (Å²) in [6.45, 7) is 1.99. The van der Waals surface area contributed by atoms with Gasteiger partial charge in [-0.2, -0.15) is 0 Å². The maximum atomic E-state index is 10.9. The molecule has 14 nitrogen and oxygen atoms in total. The SMILES string of the molecule is Cc1cc(C=CCO)cc2c1O[C@H](C)[C@H](c1ccc(O[C@@H]3O[C@H](CO[C@@H]4OC[C@](O)(CO)[C@H]4O)[C@@H](O)[C@H](O)[C@H]3O)cc1O)O2. The standard InChI is InChI=1S/C30H38O14/c1-14-8-16(4-3-7-31)9-20-25(14)41-15(2)26(43-20)18-6-5-17(10-19(18)33)42-28-24(36)23(35)22(34)21(44-28)11-39-29-27(37)30(38,12-32)13-40-29/h3-6,8-10,15,21-24,26-29,31-38H,7,11-13H2,1-2H3/t15-,21-,22-,23+,24-,26-,27+,28-,29-,30-/m1/s1. The number of rotatable bonds is 9. The first-order chi connectivity index (χ1) is 20.9. The molecule has 2 aromatic carbocycles. The van der Waals surface area contributed by atoms with E-state index in [0.29, 0.717) is 17.1 Å². The number of aliphatic hydroxyl groups is 7. The number of ether oxygens (including phenoxy) is 6. The molecule has 14 heteroatoms. The van der Waals surface area contributed by atoms with Gasteiger partial charge in [-0.05, 0) is 49.2 Å². The molecule has 0 unspecified atom stereocenters. The molecule has 3 aliphatic heterocycles. The van der Waals surface area contributed by atoms with Crippen LogP contribution in [0.2, 0.25) is 0 Å². The van der Waals surface area contributed by atoms with Crippen molar-refractivity contribution in [3.63, 3.8) is 0 Å². The van der Waals surface area contributed by atoms with Crippen LogP contribution in [-0.4, -0.2) is 122 Å². The first-order valence-electron chi connectivity index (χ1n) is 14.1. The number of aromatic hydroxyl groups is 1. The maximum absolute atomic E-state index is 10.9. The minimum atomic E-state index is -1.91. The zero-order chi connectivity index (χ0) is 31.8. The van der Waals surface area contributed by atoms with Crippen molar-refractivity contribution in [1.29, 1.82) is 0 Å². The van der Waals surface area contributed by atoms with Crippen LogP contribution in [0.5, 0.6) is 23.0 Å². The topological polar surface area (TPSA) is 217 Å². The first kappa shape index (κ1) is 32.4. The molecule has 0 aromatic heterocycles. The molecule has 44 heavy (non-hydrogen) atoms. The van der Waals surface area contributed by atoms with E-state index in [1.807, 2.05) is 13.0 Å².